The summed E-state index contributed by atoms with van der Waals surface area (Å²) >= 11 is 7.39. The van der Waals surface area contributed by atoms with Crippen LogP contribution in [-0.4, -0.2) is 11.9 Å². The Morgan fingerprint density at radius 1 is 1.36 bits per heavy atom. The second-order valence-corrected chi connectivity index (χ2v) is 4.46. The molecule has 78 valence electrons. The maximum atomic E-state index is 5.64. The molecular weight excluding hydrogens is 214 g/mol. The summed E-state index contributed by atoms with van der Waals surface area (Å²) in [6, 6.07) is 10.9. The zero-order valence-corrected chi connectivity index (χ0v) is 9.94. The fourth-order valence-electron chi connectivity index (χ4n) is 1.06. The highest BCUT2D eigenvalue weighted by molar-refractivity contribution is 7.96. The molecule has 3 heteroatoms. The SMILES string of the molecule is C[C@@H](CCCl)NSCc1ccccc1. The molecule has 0 amide bonds. The van der Waals surface area contributed by atoms with Gasteiger partial charge in [-0.2, -0.15) is 0 Å². The second kappa shape index (κ2) is 7.16. The number of hydrogen-bond acceptors (Lipinski definition) is 2. The van der Waals surface area contributed by atoms with Crippen molar-refractivity contribution >= 4 is 23.5 Å². The van der Waals surface area contributed by atoms with Crippen LogP contribution >= 0.6 is 23.5 Å². The molecule has 0 saturated heterocycles. The van der Waals surface area contributed by atoms with Crippen molar-refractivity contribution in [3.63, 3.8) is 0 Å². The summed E-state index contributed by atoms with van der Waals surface area (Å²) in [4.78, 5) is 0. The molecule has 1 aromatic rings. The first-order valence-electron chi connectivity index (χ1n) is 4.80. The highest BCUT2D eigenvalue weighted by Gasteiger charge is 1.99. The Labute approximate surface area is 95.4 Å². The molecule has 0 aliphatic rings. The summed E-state index contributed by atoms with van der Waals surface area (Å²) in [6.07, 6.45) is 1.02. The molecule has 0 aromatic heterocycles. The molecule has 1 nitrogen and oxygen atoms in total. The number of benzene rings is 1. The maximum absolute atomic E-state index is 5.64. The molecule has 1 aromatic carbocycles. The number of rotatable bonds is 6. The van der Waals surface area contributed by atoms with Crippen molar-refractivity contribution in [2.24, 2.45) is 0 Å². The van der Waals surface area contributed by atoms with E-state index in [1.165, 1.54) is 5.56 Å². The normalized spacial score (nSPS) is 12.7. The molecule has 14 heavy (non-hydrogen) atoms. The molecule has 1 rings (SSSR count). The number of nitrogens with one attached hydrogen (secondary N) is 1. The Morgan fingerprint density at radius 2 is 2.07 bits per heavy atom. The first kappa shape index (κ1) is 11.9. The molecule has 0 spiro atoms. The summed E-state index contributed by atoms with van der Waals surface area (Å²) in [7, 11) is 0. The van der Waals surface area contributed by atoms with Gasteiger partial charge in [0.1, 0.15) is 0 Å². The maximum Gasteiger partial charge on any atom is 0.0330 e. The largest absolute Gasteiger partial charge is 0.261 e. The third-order valence-electron chi connectivity index (χ3n) is 1.91. The summed E-state index contributed by atoms with van der Waals surface area (Å²) < 4.78 is 3.36. The van der Waals surface area contributed by atoms with Crippen molar-refractivity contribution in [1.82, 2.24) is 4.72 Å². The van der Waals surface area contributed by atoms with Crippen LogP contribution in [0.15, 0.2) is 30.3 Å². The molecule has 1 atom stereocenters. The first-order valence-corrected chi connectivity index (χ1v) is 6.32. The summed E-state index contributed by atoms with van der Waals surface area (Å²) in [5, 5.41) is 0. The van der Waals surface area contributed by atoms with Crippen LogP contribution in [-0.2, 0) is 5.75 Å². The van der Waals surface area contributed by atoms with E-state index in [1.54, 1.807) is 11.9 Å². The molecule has 0 bridgehead atoms. The molecule has 1 N–H and O–H groups in total. The van der Waals surface area contributed by atoms with Crippen LogP contribution < -0.4 is 4.72 Å². The molecule has 0 aliphatic heterocycles. The predicted molar refractivity (Wildman–Crippen MR) is 65.7 cm³/mol. The zero-order valence-electron chi connectivity index (χ0n) is 8.37. The third-order valence-corrected chi connectivity index (χ3v) is 3.17. The van der Waals surface area contributed by atoms with Gasteiger partial charge in [0.15, 0.2) is 0 Å². The van der Waals surface area contributed by atoms with E-state index in [2.05, 4.69) is 35.9 Å². The van der Waals surface area contributed by atoms with Crippen molar-refractivity contribution in [2.45, 2.75) is 25.1 Å². The topological polar surface area (TPSA) is 12.0 Å². The van der Waals surface area contributed by atoms with Crippen LogP contribution in [0.2, 0.25) is 0 Å². The van der Waals surface area contributed by atoms with E-state index in [1.807, 2.05) is 6.07 Å². The van der Waals surface area contributed by atoms with Gasteiger partial charge in [-0.1, -0.05) is 42.3 Å². The molecule has 0 unspecified atom stereocenters. The van der Waals surface area contributed by atoms with E-state index in [9.17, 15) is 0 Å². The predicted octanol–water partition coefficient (Wildman–Crippen LogP) is 3.44. The van der Waals surface area contributed by atoms with Gasteiger partial charge in [0.05, 0.1) is 0 Å². The Bertz CT molecular complexity index is 240. The molecule has 0 aliphatic carbocycles. The van der Waals surface area contributed by atoms with E-state index in [0.29, 0.717) is 6.04 Å². The summed E-state index contributed by atoms with van der Waals surface area (Å²) in [5.74, 6) is 1.73. The van der Waals surface area contributed by atoms with Gasteiger partial charge < -0.3 is 0 Å². The van der Waals surface area contributed by atoms with Crippen LogP contribution in [0, 0.1) is 0 Å². The van der Waals surface area contributed by atoms with Crippen molar-refractivity contribution in [1.29, 1.82) is 0 Å². The van der Waals surface area contributed by atoms with E-state index >= 15 is 0 Å². The van der Waals surface area contributed by atoms with Gasteiger partial charge in [-0.25, -0.2) is 0 Å². The van der Waals surface area contributed by atoms with Crippen LogP contribution in [0.5, 0.6) is 0 Å². The minimum atomic E-state index is 0.487. The van der Waals surface area contributed by atoms with Crippen LogP contribution in [0.4, 0.5) is 0 Å². The quantitative estimate of drug-likeness (QED) is 0.593. The fourth-order valence-corrected chi connectivity index (χ4v) is 2.24. The molecule has 0 fully saturated rings. The van der Waals surface area contributed by atoms with Crippen molar-refractivity contribution in [2.75, 3.05) is 5.88 Å². The van der Waals surface area contributed by atoms with Crippen molar-refractivity contribution in [3.05, 3.63) is 35.9 Å². The summed E-state index contributed by atoms with van der Waals surface area (Å²) in [5.41, 5.74) is 1.35. The van der Waals surface area contributed by atoms with Gasteiger partial charge >= 0.3 is 0 Å². The van der Waals surface area contributed by atoms with Gasteiger partial charge in [0.25, 0.3) is 0 Å². The van der Waals surface area contributed by atoms with E-state index in [0.717, 1.165) is 18.1 Å². The third kappa shape index (κ3) is 4.89. The lowest BCUT2D eigenvalue weighted by molar-refractivity contribution is 0.672. The Morgan fingerprint density at radius 3 is 2.71 bits per heavy atom. The minimum absolute atomic E-state index is 0.487. The fraction of sp³-hybridized carbons (Fsp3) is 0.455. The monoisotopic (exact) mass is 229 g/mol. The van der Waals surface area contributed by atoms with Crippen molar-refractivity contribution < 1.29 is 0 Å². The molecule has 0 saturated carbocycles. The van der Waals surface area contributed by atoms with E-state index < -0.39 is 0 Å². The van der Waals surface area contributed by atoms with Crippen LogP contribution in [0.25, 0.3) is 0 Å². The Balaban J connectivity index is 2.16. The smallest absolute Gasteiger partial charge is 0.0330 e. The highest BCUT2D eigenvalue weighted by atomic mass is 35.5. The zero-order chi connectivity index (χ0) is 10.2. The van der Waals surface area contributed by atoms with Gasteiger partial charge in [0, 0.05) is 17.7 Å². The lowest BCUT2D eigenvalue weighted by atomic mass is 10.2. The standard InChI is InChI=1S/C11H16ClNS/c1-10(7-8-12)13-14-9-11-5-3-2-4-6-11/h2-6,10,13H,7-9H2,1H3/t10-/m0/s1. The average molecular weight is 230 g/mol. The van der Waals surface area contributed by atoms with Crippen molar-refractivity contribution in [3.8, 4) is 0 Å². The van der Waals surface area contributed by atoms with Crippen LogP contribution in [0.1, 0.15) is 18.9 Å². The van der Waals surface area contributed by atoms with Gasteiger partial charge in [-0.3, -0.25) is 4.72 Å². The first-order chi connectivity index (χ1) is 6.83. The Hall–Kier alpha value is -0.180. The van der Waals surface area contributed by atoms with Gasteiger partial charge in [-0.05, 0) is 18.9 Å². The van der Waals surface area contributed by atoms with Gasteiger partial charge in [0.2, 0.25) is 0 Å². The average Bonchev–Trinajstić information content (AvgIpc) is 2.20. The molecule has 0 radical (unpaired) electrons. The lowest BCUT2D eigenvalue weighted by Crippen LogP contribution is -2.19. The molecular formula is C11H16ClNS. The highest BCUT2D eigenvalue weighted by Crippen LogP contribution is 2.09. The molecule has 0 heterocycles. The van der Waals surface area contributed by atoms with E-state index in [4.69, 9.17) is 11.6 Å². The summed E-state index contributed by atoms with van der Waals surface area (Å²) in [6.45, 7) is 2.15. The van der Waals surface area contributed by atoms with Crippen LogP contribution in [0.3, 0.4) is 0 Å². The number of halogens is 1. The second-order valence-electron chi connectivity index (χ2n) is 3.27. The lowest BCUT2D eigenvalue weighted by Gasteiger charge is -2.10. The Kier molecular flexibility index (Phi) is 6.08. The number of hydrogen-bond donors (Lipinski definition) is 1. The minimum Gasteiger partial charge on any atom is -0.261 e. The van der Waals surface area contributed by atoms with Gasteiger partial charge in [-0.15, -0.1) is 11.6 Å². The van der Waals surface area contributed by atoms with E-state index in [-0.39, 0.29) is 0 Å². The number of alkyl halides is 1.